The summed E-state index contributed by atoms with van der Waals surface area (Å²) in [6.07, 6.45) is -2.81. The van der Waals surface area contributed by atoms with E-state index in [4.69, 9.17) is 5.73 Å². The van der Waals surface area contributed by atoms with E-state index in [-0.39, 0.29) is 21.1 Å². The maximum Gasteiger partial charge on any atom is 0.280 e. The van der Waals surface area contributed by atoms with Gasteiger partial charge in [0.1, 0.15) is 21.1 Å². The van der Waals surface area contributed by atoms with Gasteiger partial charge in [0, 0.05) is 12.4 Å². The summed E-state index contributed by atoms with van der Waals surface area (Å²) >= 11 is 4.21. The molecule has 4 rings (SSSR count). The molecule has 3 N–H and O–H groups in total. The van der Waals surface area contributed by atoms with Crippen LogP contribution < -0.4 is 11.1 Å². The summed E-state index contributed by atoms with van der Waals surface area (Å²) in [6, 6.07) is 10.1. The molecule has 2 amide bonds. The molecule has 0 spiro atoms. The minimum Gasteiger partial charge on any atom is -0.365 e. The number of nitrogens with zero attached hydrogens (tertiary/aromatic N) is 3. The Morgan fingerprint density at radius 2 is 1.94 bits per heavy atom. The zero-order chi connectivity index (χ0) is 23.2. The van der Waals surface area contributed by atoms with Gasteiger partial charge >= 0.3 is 0 Å². The highest BCUT2D eigenvalue weighted by Crippen LogP contribution is 2.42. The van der Waals surface area contributed by atoms with Crippen molar-refractivity contribution in [2.45, 2.75) is 13.3 Å². The molecule has 0 bridgehead atoms. The Hall–Kier alpha value is -3.18. The molecule has 4 aromatic rings. The van der Waals surface area contributed by atoms with Gasteiger partial charge in [0.15, 0.2) is 0 Å². The summed E-state index contributed by atoms with van der Waals surface area (Å²) in [4.78, 5) is 29.5. The van der Waals surface area contributed by atoms with Gasteiger partial charge in [0.2, 0.25) is 0 Å². The van der Waals surface area contributed by atoms with Crippen molar-refractivity contribution in [1.82, 2.24) is 14.8 Å². The maximum absolute atomic E-state index is 13.5. The average Bonchev–Trinajstić information content (AvgIpc) is 3.24. The molecule has 1 aromatic carbocycles. The molecule has 11 heteroatoms. The molecule has 0 saturated carbocycles. The first-order valence-corrected chi connectivity index (χ1v) is 10.9. The van der Waals surface area contributed by atoms with Crippen LogP contribution in [0.25, 0.3) is 21.3 Å². The lowest BCUT2D eigenvalue weighted by Crippen LogP contribution is -2.19. The van der Waals surface area contributed by atoms with Gasteiger partial charge in [-0.3, -0.25) is 14.3 Å². The molecule has 7 nitrogen and oxygen atoms in total. The van der Waals surface area contributed by atoms with Crippen molar-refractivity contribution in [3.63, 3.8) is 0 Å². The number of carbonyl (C=O) groups is 2. The number of aromatic nitrogens is 3. The molecule has 0 radical (unpaired) electrons. The van der Waals surface area contributed by atoms with Crippen LogP contribution in [-0.4, -0.2) is 26.6 Å². The lowest BCUT2D eigenvalue weighted by atomic mass is 10.0. The van der Waals surface area contributed by atoms with Crippen molar-refractivity contribution < 1.29 is 18.4 Å². The molecule has 0 aliphatic heterocycles. The predicted octanol–water partition coefficient (Wildman–Crippen LogP) is 5.06. The molecule has 0 aliphatic rings. The van der Waals surface area contributed by atoms with Crippen LogP contribution in [0.2, 0.25) is 0 Å². The molecular formula is C21H16BrF2N5O2S. The van der Waals surface area contributed by atoms with E-state index in [2.05, 4.69) is 31.3 Å². The van der Waals surface area contributed by atoms with Crippen LogP contribution in [0.15, 0.2) is 40.9 Å². The largest absolute Gasteiger partial charge is 0.365 e. The third kappa shape index (κ3) is 3.78. The molecule has 32 heavy (non-hydrogen) atoms. The SMILES string of the molecule is Cc1nn(C)c(C(=O)Nc2c(C(N)=O)sc3nc(C(F)F)cc(-c4ccccc4)c23)c1Br. The number of rotatable bonds is 5. The minimum absolute atomic E-state index is 0.0134. The van der Waals surface area contributed by atoms with E-state index in [1.165, 1.54) is 10.7 Å². The molecule has 3 heterocycles. The fourth-order valence-corrected chi connectivity index (χ4v) is 4.95. The fraction of sp³-hybridized carbons (Fsp3) is 0.143. The Labute approximate surface area is 193 Å². The van der Waals surface area contributed by atoms with Crippen molar-refractivity contribution in [2.24, 2.45) is 12.8 Å². The number of nitrogens with two attached hydrogens (primary N) is 1. The molecule has 164 valence electrons. The van der Waals surface area contributed by atoms with Crippen LogP contribution in [0.5, 0.6) is 0 Å². The van der Waals surface area contributed by atoms with E-state index >= 15 is 0 Å². The molecule has 3 aromatic heterocycles. The van der Waals surface area contributed by atoms with E-state index in [9.17, 15) is 18.4 Å². The Bertz CT molecular complexity index is 1370. The van der Waals surface area contributed by atoms with E-state index in [0.717, 1.165) is 11.3 Å². The number of pyridine rings is 1. The number of halogens is 3. The fourth-order valence-electron chi connectivity index (χ4n) is 3.42. The van der Waals surface area contributed by atoms with Crippen molar-refractivity contribution in [3.05, 3.63) is 62.8 Å². The zero-order valence-electron chi connectivity index (χ0n) is 16.8. The van der Waals surface area contributed by atoms with E-state index in [1.807, 2.05) is 0 Å². The van der Waals surface area contributed by atoms with Crippen molar-refractivity contribution in [3.8, 4) is 11.1 Å². The monoisotopic (exact) mass is 519 g/mol. The highest BCUT2D eigenvalue weighted by Gasteiger charge is 2.27. The van der Waals surface area contributed by atoms with Gasteiger partial charge < -0.3 is 11.1 Å². The number of aryl methyl sites for hydroxylation is 2. The number of amides is 2. The topological polar surface area (TPSA) is 103 Å². The van der Waals surface area contributed by atoms with Gasteiger partial charge in [0.05, 0.1) is 15.9 Å². The summed E-state index contributed by atoms with van der Waals surface area (Å²) in [6.45, 7) is 1.74. The quantitative estimate of drug-likeness (QED) is 0.384. The molecular weight excluding hydrogens is 504 g/mol. The second-order valence-electron chi connectivity index (χ2n) is 6.94. The van der Waals surface area contributed by atoms with Gasteiger partial charge in [-0.25, -0.2) is 13.8 Å². The summed E-state index contributed by atoms with van der Waals surface area (Å²) in [5.74, 6) is -1.35. The van der Waals surface area contributed by atoms with Gasteiger partial charge in [-0.15, -0.1) is 11.3 Å². The normalized spacial score (nSPS) is 11.3. The van der Waals surface area contributed by atoms with Crippen molar-refractivity contribution in [1.29, 1.82) is 0 Å². The zero-order valence-corrected chi connectivity index (χ0v) is 19.2. The Kier molecular flexibility index (Phi) is 5.78. The number of hydrogen-bond donors (Lipinski definition) is 2. The molecule has 0 unspecified atom stereocenters. The van der Waals surface area contributed by atoms with E-state index in [0.29, 0.717) is 26.7 Å². The predicted molar refractivity (Wildman–Crippen MR) is 122 cm³/mol. The highest BCUT2D eigenvalue weighted by atomic mass is 79.9. The summed E-state index contributed by atoms with van der Waals surface area (Å²) in [5, 5.41) is 7.30. The first-order chi connectivity index (χ1) is 15.2. The minimum atomic E-state index is -2.81. The Morgan fingerprint density at radius 3 is 2.50 bits per heavy atom. The average molecular weight is 520 g/mol. The second-order valence-corrected chi connectivity index (χ2v) is 8.73. The summed E-state index contributed by atoms with van der Waals surface area (Å²) in [5.41, 5.74) is 7.13. The number of thiophene rings is 1. The number of fused-ring (bicyclic) bond motifs is 1. The third-order valence-corrected chi connectivity index (χ3v) is 6.86. The number of alkyl halides is 2. The van der Waals surface area contributed by atoms with Crippen LogP contribution in [-0.2, 0) is 7.05 Å². The Balaban J connectivity index is 1.98. The number of primary amides is 1. The van der Waals surface area contributed by atoms with Crippen LogP contribution >= 0.6 is 27.3 Å². The van der Waals surface area contributed by atoms with E-state index in [1.54, 1.807) is 44.3 Å². The molecule has 0 atom stereocenters. The van der Waals surface area contributed by atoms with Crippen molar-refractivity contribution in [2.75, 3.05) is 5.32 Å². The van der Waals surface area contributed by atoms with Gasteiger partial charge in [-0.2, -0.15) is 5.10 Å². The molecule has 0 aliphatic carbocycles. The van der Waals surface area contributed by atoms with Crippen LogP contribution in [0.3, 0.4) is 0 Å². The van der Waals surface area contributed by atoms with E-state index < -0.39 is 23.9 Å². The first-order valence-electron chi connectivity index (χ1n) is 9.30. The smallest absolute Gasteiger partial charge is 0.280 e. The summed E-state index contributed by atoms with van der Waals surface area (Å²) < 4.78 is 29.0. The second kappa shape index (κ2) is 8.40. The Morgan fingerprint density at radius 1 is 1.25 bits per heavy atom. The van der Waals surface area contributed by atoms with Crippen LogP contribution in [0.1, 0.15) is 38.0 Å². The number of benzene rings is 1. The van der Waals surface area contributed by atoms with Crippen LogP contribution in [0.4, 0.5) is 14.5 Å². The standard InChI is InChI=1S/C21H16BrF2N5O2S/c1-9-14(22)16(29(2)28-9)20(31)27-15-13-11(10-6-4-3-5-7-10)8-12(18(23)24)26-21(13)32-17(15)19(25)30/h3-8,18H,1-2H3,(H2,25,30)(H,27,31). The third-order valence-electron chi connectivity index (χ3n) is 4.82. The number of anilines is 1. The maximum atomic E-state index is 13.5. The lowest BCUT2D eigenvalue weighted by molar-refractivity contribution is 0.100. The summed E-state index contributed by atoms with van der Waals surface area (Å²) in [7, 11) is 1.61. The van der Waals surface area contributed by atoms with Gasteiger partial charge in [-0.1, -0.05) is 30.3 Å². The van der Waals surface area contributed by atoms with Crippen LogP contribution in [0, 0.1) is 6.92 Å². The van der Waals surface area contributed by atoms with Gasteiger partial charge in [0.25, 0.3) is 18.2 Å². The van der Waals surface area contributed by atoms with Gasteiger partial charge in [-0.05, 0) is 40.0 Å². The lowest BCUT2D eigenvalue weighted by Gasteiger charge is -2.11. The molecule has 0 fully saturated rings. The first kappa shape index (κ1) is 22.0. The number of nitrogens with one attached hydrogen (secondary N) is 1. The van der Waals surface area contributed by atoms with Crippen molar-refractivity contribution >= 4 is 55.0 Å². The number of carbonyl (C=O) groups excluding carboxylic acids is 2. The highest BCUT2D eigenvalue weighted by molar-refractivity contribution is 9.10. The molecule has 0 saturated heterocycles. The number of hydrogen-bond acceptors (Lipinski definition) is 5.